The van der Waals surface area contributed by atoms with Crippen LogP contribution in [0.5, 0.6) is 0 Å². The van der Waals surface area contributed by atoms with Gasteiger partial charge in [0.05, 0.1) is 0 Å². The van der Waals surface area contributed by atoms with Crippen molar-refractivity contribution in [1.29, 1.82) is 0 Å². The molecule has 1 aliphatic carbocycles. The summed E-state index contributed by atoms with van der Waals surface area (Å²) in [6.07, 6.45) is 11.3. The second kappa shape index (κ2) is 9.68. The predicted octanol–water partition coefficient (Wildman–Crippen LogP) is 3.62. The summed E-state index contributed by atoms with van der Waals surface area (Å²) in [7, 11) is 2.02. The van der Waals surface area contributed by atoms with E-state index in [-0.39, 0.29) is 18.3 Å². The molecule has 1 N–H and O–H groups in total. The minimum atomic E-state index is 0. The van der Waals surface area contributed by atoms with Crippen molar-refractivity contribution in [2.45, 2.75) is 70.8 Å². The lowest BCUT2D eigenvalue weighted by molar-refractivity contribution is -0.137. The van der Waals surface area contributed by atoms with Gasteiger partial charge in [-0.2, -0.15) is 0 Å². The number of hydrogen-bond donors (Lipinski definition) is 1. The highest BCUT2D eigenvalue weighted by Crippen LogP contribution is 2.31. The van der Waals surface area contributed by atoms with Gasteiger partial charge in [-0.25, -0.2) is 0 Å². The van der Waals surface area contributed by atoms with Crippen LogP contribution in [0.3, 0.4) is 0 Å². The molecule has 2 atom stereocenters. The van der Waals surface area contributed by atoms with Crippen LogP contribution in [0.15, 0.2) is 0 Å². The summed E-state index contributed by atoms with van der Waals surface area (Å²) < 4.78 is 0. The summed E-state index contributed by atoms with van der Waals surface area (Å²) in [5.74, 6) is 1.49. The van der Waals surface area contributed by atoms with E-state index in [1.165, 1.54) is 32.1 Å². The van der Waals surface area contributed by atoms with Gasteiger partial charge in [0.2, 0.25) is 5.91 Å². The molecule has 0 aromatic heterocycles. The first-order valence-corrected chi connectivity index (χ1v) is 8.69. The molecule has 0 radical (unpaired) electrons. The molecule has 1 amide bonds. The smallest absolute Gasteiger partial charge is 0.225 e. The van der Waals surface area contributed by atoms with Gasteiger partial charge in [-0.15, -0.1) is 12.4 Å². The third-order valence-corrected chi connectivity index (χ3v) is 5.26. The average molecular weight is 317 g/mol. The van der Waals surface area contributed by atoms with Crippen molar-refractivity contribution in [3.63, 3.8) is 0 Å². The molecule has 1 saturated heterocycles. The molecule has 2 rings (SSSR count). The van der Waals surface area contributed by atoms with Crippen LogP contribution in [0.4, 0.5) is 0 Å². The maximum atomic E-state index is 12.8. The molecule has 21 heavy (non-hydrogen) atoms. The largest absolute Gasteiger partial charge is 0.341 e. The number of nitrogens with one attached hydrogen (secondary N) is 1. The highest BCUT2D eigenvalue weighted by atomic mass is 35.5. The summed E-state index contributed by atoms with van der Waals surface area (Å²) >= 11 is 0. The van der Waals surface area contributed by atoms with Gasteiger partial charge in [-0.05, 0) is 31.7 Å². The molecule has 1 saturated carbocycles. The summed E-state index contributed by atoms with van der Waals surface area (Å²) in [4.78, 5) is 14.8. The standard InChI is InChI=1S/C17H32N2O.ClH/c1-3-7-15(12-14-8-5-4-6-9-14)17(20)19(2)16-10-11-18-13-16;/h14-16,18H,3-13H2,1-2H3;1H. The highest BCUT2D eigenvalue weighted by Gasteiger charge is 2.30. The highest BCUT2D eigenvalue weighted by molar-refractivity contribution is 5.85. The summed E-state index contributed by atoms with van der Waals surface area (Å²) in [6, 6.07) is 0.424. The Kier molecular flexibility index (Phi) is 8.65. The Morgan fingerprint density at radius 2 is 1.95 bits per heavy atom. The number of halogens is 1. The van der Waals surface area contributed by atoms with Crippen LogP contribution in [0.2, 0.25) is 0 Å². The van der Waals surface area contributed by atoms with E-state index in [2.05, 4.69) is 12.2 Å². The summed E-state index contributed by atoms with van der Waals surface area (Å²) in [5, 5.41) is 3.37. The predicted molar refractivity (Wildman–Crippen MR) is 90.9 cm³/mol. The number of rotatable bonds is 6. The van der Waals surface area contributed by atoms with Crippen molar-refractivity contribution in [2.24, 2.45) is 11.8 Å². The number of carbonyl (C=O) groups excluding carboxylic acids is 1. The van der Waals surface area contributed by atoms with E-state index in [0.29, 0.717) is 11.9 Å². The molecule has 0 aromatic rings. The Hall–Kier alpha value is -0.280. The Morgan fingerprint density at radius 3 is 2.52 bits per heavy atom. The topological polar surface area (TPSA) is 32.3 Å². The van der Waals surface area contributed by atoms with Gasteiger partial charge in [0, 0.05) is 25.6 Å². The molecular weight excluding hydrogens is 284 g/mol. The van der Waals surface area contributed by atoms with Crippen molar-refractivity contribution in [2.75, 3.05) is 20.1 Å². The maximum Gasteiger partial charge on any atom is 0.225 e. The molecule has 124 valence electrons. The van der Waals surface area contributed by atoms with E-state index in [1.807, 2.05) is 11.9 Å². The number of nitrogens with zero attached hydrogens (tertiary/aromatic N) is 1. The summed E-state index contributed by atoms with van der Waals surface area (Å²) in [6.45, 7) is 4.24. The number of likely N-dealkylation sites (N-methyl/N-ethyl adjacent to an activating group) is 1. The molecule has 2 aliphatic rings. The number of carbonyl (C=O) groups is 1. The molecule has 0 bridgehead atoms. The Labute approximate surface area is 136 Å². The fourth-order valence-corrected chi connectivity index (χ4v) is 3.95. The normalized spacial score (nSPS) is 24.4. The zero-order chi connectivity index (χ0) is 14.4. The molecule has 0 aromatic carbocycles. The van der Waals surface area contributed by atoms with E-state index < -0.39 is 0 Å². The van der Waals surface area contributed by atoms with Crippen LogP contribution in [0, 0.1) is 11.8 Å². The SMILES string of the molecule is CCCC(CC1CCCCC1)C(=O)N(C)C1CCNC1.Cl. The van der Waals surface area contributed by atoms with Gasteiger partial charge in [0.1, 0.15) is 0 Å². The van der Waals surface area contributed by atoms with Crippen LogP contribution < -0.4 is 5.32 Å². The Bertz CT molecular complexity index is 299. The van der Waals surface area contributed by atoms with Crippen LogP contribution in [-0.4, -0.2) is 37.0 Å². The molecule has 1 aliphatic heterocycles. The van der Waals surface area contributed by atoms with E-state index in [4.69, 9.17) is 0 Å². The first-order valence-electron chi connectivity index (χ1n) is 8.69. The number of amides is 1. The second-order valence-corrected chi connectivity index (χ2v) is 6.82. The molecule has 0 spiro atoms. The van der Waals surface area contributed by atoms with E-state index in [9.17, 15) is 4.79 Å². The van der Waals surface area contributed by atoms with Gasteiger partial charge in [0.25, 0.3) is 0 Å². The monoisotopic (exact) mass is 316 g/mol. The third-order valence-electron chi connectivity index (χ3n) is 5.26. The van der Waals surface area contributed by atoms with Gasteiger partial charge in [0.15, 0.2) is 0 Å². The quantitative estimate of drug-likeness (QED) is 0.811. The van der Waals surface area contributed by atoms with Gasteiger partial charge in [-0.1, -0.05) is 45.4 Å². The first-order chi connectivity index (χ1) is 9.72. The fraction of sp³-hybridized carbons (Fsp3) is 0.941. The van der Waals surface area contributed by atoms with Crippen molar-refractivity contribution >= 4 is 18.3 Å². The van der Waals surface area contributed by atoms with Crippen LogP contribution in [0.25, 0.3) is 0 Å². The maximum absolute atomic E-state index is 12.8. The van der Waals surface area contributed by atoms with E-state index in [0.717, 1.165) is 44.7 Å². The van der Waals surface area contributed by atoms with Gasteiger partial charge < -0.3 is 10.2 Å². The summed E-state index contributed by atoms with van der Waals surface area (Å²) in [5.41, 5.74) is 0. The Morgan fingerprint density at radius 1 is 1.24 bits per heavy atom. The third kappa shape index (κ3) is 5.45. The van der Waals surface area contributed by atoms with Crippen molar-refractivity contribution in [3.8, 4) is 0 Å². The minimum Gasteiger partial charge on any atom is -0.341 e. The van der Waals surface area contributed by atoms with E-state index >= 15 is 0 Å². The van der Waals surface area contributed by atoms with Crippen LogP contribution in [-0.2, 0) is 4.79 Å². The van der Waals surface area contributed by atoms with Crippen molar-refractivity contribution in [1.82, 2.24) is 10.2 Å². The molecular formula is C17H33ClN2O. The zero-order valence-electron chi connectivity index (χ0n) is 13.8. The lowest BCUT2D eigenvalue weighted by Gasteiger charge is -2.31. The van der Waals surface area contributed by atoms with Gasteiger partial charge >= 0.3 is 0 Å². The number of hydrogen-bond acceptors (Lipinski definition) is 2. The Balaban J connectivity index is 0.00000220. The fourth-order valence-electron chi connectivity index (χ4n) is 3.95. The molecule has 3 nitrogen and oxygen atoms in total. The average Bonchev–Trinajstić information content (AvgIpc) is 3.00. The van der Waals surface area contributed by atoms with Crippen LogP contribution in [0.1, 0.15) is 64.7 Å². The van der Waals surface area contributed by atoms with Gasteiger partial charge in [-0.3, -0.25) is 4.79 Å². The molecule has 1 heterocycles. The van der Waals surface area contributed by atoms with Crippen molar-refractivity contribution in [3.05, 3.63) is 0 Å². The molecule has 2 fully saturated rings. The molecule has 4 heteroatoms. The first kappa shape index (κ1) is 18.8. The van der Waals surface area contributed by atoms with Crippen LogP contribution >= 0.6 is 12.4 Å². The van der Waals surface area contributed by atoms with E-state index in [1.54, 1.807) is 0 Å². The molecule has 2 unspecified atom stereocenters. The lowest BCUT2D eigenvalue weighted by Crippen LogP contribution is -2.42. The van der Waals surface area contributed by atoms with Crippen molar-refractivity contribution < 1.29 is 4.79 Å². The minimum absolute atomic E-state index is 0. The lowest BCUT2D eigenvalue weighted by atomic mass is 9.81. The second-order valence-electron chi connectivity index (χ2n) is 6.82. The zero-order valence-corrected chi connectivity index (χ0v) is 14.6.